The number of piperidine rings is 1. The molecule has 1 spiro atoms. The SMILES string of the molecule is C[C@H]1[C@H]2[C@H](C[C@H]3[C@@H]4CCC5C[C@@H](O)CC[C@]5(C)[C@H]4CC[C@]23C)O[C@@]12NC[C@@H](CO)C[C@@H]2O. The number of fused-ring (bicyclic) bond motifs is 7. The predicted octanol–water partition coefficient (Wildman–Crippen LogP) is 3.31. The van der Waals surface area contributed by atoms with Crippen LogP contribution in [0.2, 0.25) is 0 Å². The van der Waals surface area contributed by atoms with Crippen molar-refractivity contribution in [3.05, 3.63) is 0 Å². The van der Waals surface area contributed by atoms with Gasteiger partial charge in [0, 0.05) is 19.1 Å². The summed E-state index contributed by atoms with van der Waals surface area (Å²) in [6.45, 7) is 8.30. The number of hydrogen-bond acceptors (Lipinski definition) is 5. The van der Waals surface area contributed by atoms with Crippen LogP contribution in [0, 0.1) is 52.3 Å². The first-order valence-corrected chi connectivity index (χ1v) is 13.6. The van der Waals surface area contributed by atoms with Crippen molar-refractivity contribution in [3.8, 4) is 0 Å². The summed E-state index contributed by atoms with van der Waals surface area (Å²) in [5.74, 6) is 3.94. The molecule has 0 aromatic carbocycles. The van der Waals surface area contributed by atoms with Gasteiger partial charge < -0.3 is 20.1 Å². The van der Waals surface area contributed by atoms with E-state index in [9.17, 15) is 15.3 Å². The van der Waals surface area contributed by atoms with Gasteiger partial charge in [-0.2, -0.15) is 0 Å². The number of rotatable bonds is 1. The molecule has 4 N–H and O–H groups in total. The van der Waals surface area contributed by atoms with Gasteiger partial charge in [-0.05, 0) is 104 Å². The second-order valence-corrected chi connectivity index (χ2v) is 13.3. The molecule has 6 aliphatic rings. The third-order valence-corrected chi connectivity index (χ3v) is 12.3. The first-order chi connectivity index (χ1) is 15.2. The maximum atomic E-state index is 11.1. The summed E-state index contributed by atoms with van der Waals surface area (Å²) in [5.41, 5.74) is 0.0750. The van der Waals surface area contributed by atoms with Gasteiger partial charge in [0.15, 0.2) is 0 Å². The third kappa shape index (κ3) is 2.81. The number of nitrogens with one attached hydrogen (secondary N) is 1. The zero-order valence-electron chi connectivity index (χ0n) is 20.3. The maximum Gasteiger partial charge on any atom is 0.148 e. The van der Waals surface area contributed by atoms with Gasteiger partial charge in [-0.3, -0.25) is 5.32 Å². The van der Waals surface area contributed by atoms with E-state index in [0.717, 1.165) is 43.6 Å². The Morgan fingerprint density at radius 1 is 0.938 bits per heavy atom. The fourth-order valence-electron chi connectivity index (χ4n) is 10.6. The molecule has 0 aromatic heterocycles. The molecule has 4 saturated carbocycles. The molecule has 182 valence electrons. The van der Waals surface area contributed by atoms with Crippen LogP contribution in [0.4, 0.5) is 0 Å². The molecule has 13 atom stereocenters. The topological polar surface area (TPSA) is 82.0 Å². The summed E-state index contributed by atoms with van der Waals surface area (Å²) in [5, 5.41) is 34.6. The highest BCUT2D eigenvalue weighted by Gasteiger charge is 2.70. The summed E-state index contributed by atoms with van der Waals surface area (Å²) in [4.78, 5) is 0. The highest BCUT2D eigenvalue weighted by molar-refractivity contribution is 5.17. The van der Waals surface area contributed by atoms with E-state index >= 15 is 0 Å². The van der Waals surface area contributed by atoms with Crippen LogP contribution in [0.15, 0.2) is 0 Å². The molecule has 1 unspecified atom stereocenters. The van der Waals surface area contributed by atoms with Gasteiger partial charge in [-0.25, -0.2) is 0 Å². The van der Waals surface area contributed by atoms with Gasteiger partial charge in [-0.1, -0.05) is 20.8 Å². The first-order valence-electron chi connectivity index (χ1n) is 13.6. The molecule has 5 nitrogen and oxygen atoms in total. The van der Waals surface area contributed by atoms with E-state index in [0.29, 0.717) is 29.1 Å². The Morgan fingerprint density at radius 2 is 1.72 bits per heavy atom. The zero-order valence-corrected chi connectivity index (χ0v) is 20.3. The van der Waals surface area contributed by atoms with Gasteiger partial charge in [0.2, 0.25) is 0 Å². The molecule has 0 bridgehead atoms. The van der Waals surface area contributed by atoms with Crippen LogP contribution < -0.4 is 5.32 Å². The average molecular weight is 448 g/mol. The van der Waals surface area contributed by atoms with Gasteiger partial charge in [0.05, 0.1) is 18.3 Å². The molecule has 2 saturated heterocycles. The molecular weight excluding hydrogens is 402 g/mol. The number of ether oxygens (including phenoxy) is 1. The van der Waals surface area contributed by atoms with Crippen molar-refractivity contribution in [1.29, 1.82) is 0 Å². The Bertz CT molecular complexity index is 747. The molecule has 2 aliphatic heterocycles. The van der Waals surface area contributed by atoms with Crippen LogP contribution >= 0.6 is 0 Å². The summed E-state index contributed by atoms with van der Waals surface area (Å²) in [7, 11) is 0. The summed E-state index contributed by atoms with van der Waals surface area (Å²) in [6.07, 6.45) is 9.84. The van der Waals surface area contributed by atoms with Gasteiger partial charge in [-0.15, -0.1) is 0 Å². The quantitative estimate of drug-likeness (QED) is 0.496. The van der Waals surface area contributed by atoms with E-state index < -0.39 is 11.8 Å². The standard InChI is InChI=1S/C27H45NO4/c1-15-24-22(32-27(15)23(31)10-16(14-29)13-28-27)12-21-19-5-4-17-11-18(30)6-8-25(17,2)20(19)7-9-26(21,24)3/h15-24,28-31H,4-14H2,1-3H3/t15-,16-,17?,18-,19+,20-,21-,22-,23-,24-,25-,26-,27-/m0/s1. The van der Waals surface area contributed by atoms with E-state index in [1.807, 2.05) is 0 Å². The minimum Gasteiger partial charge on any atom is -0.396 e. The molecule has 0 aromatic rings. The fourth-order valence-corrected chi connectivity index (χ4v) is 10.6. The first kappa shape index (κ1) is 22.3. The van der Waals surface area contributed by atoms with Crippen LogP contribution in [-0.2, 0) is 4.74 Å². The van der Waals surface area contributed by atoms with Crippen molar-refractivity contribution in [2.75, 3.05) is 13.2 Å². The molecule has 5 heteroatoms. The fraction of sp³-hybridized carbons (Fsp3) is 1.00. The highest BCUT2D eigenvalue weighted by Crippen LogP contribution is 2.71. The van der Waals surface area contributed by atoms with Crippen molar-refractivity contribution in [2.45, 2.75) is 103 Å². The Morgan fingerprint density at radius 3 is 2.47 bits per heavy atom. The largest absolute Gasteiger partial charge is 0.396 e. The molecule has 32 heavy (non-hydrogen) atoms. The minimum absolute atomic E-state index is 0.0744. The van der Waals surface area contributed by atoms with Gasteiger partial charge >= 0.3 is 0 Å². The normalized spacial score (nSPS) is 61.7. The summed E-state index contributed by atoms with van der Waals surface area (Å²) >= 11 is 0. The highest BCUT2D eigenvalue weighted by atomic mass is 16.5. The smallest absolute Gasteiger partial charge is 0.148 e. The molecule has 0 amide bonds. The Kier molecular flexibility index (Phi) is 5.15. The Labute approximate surface area is 193 Å². The number of aliphatic hydroxyl groups excluding tert-OH is 3. The lowest BCUT2D eigenvalue weighted by molar-refractivity contribution is -0.183. The van der Waals surface area contributed by atoms with Crippen molar-refractivity contribution >= 4 is 0 Å². The minimum atomic E-state index is -0.630. The lowest BCUT2D eigenvalue weighted by Gasteiger charge is -2.61. The van der Waals surface area contributed by atoms with Crippen molar-refractivity contribution in [2.24, 2.45) is 52.3 Å². The van der Waals surface area contributed by atoms with Gasteiger partial charge in [0.25, 0.3) is 0 Å². The molecule has 6 rings (SSSR count). The third-order valence-electron chi connectivity index (χ3n) is 12.3. The van der Waals surface area contributed by atoms with E-state index in [4.69, 9.17) is 4.74 Å². The Balaban J connectivity index is 1.25. The van der Waals surface area contributed by atoms with Crippen LogP contribution in [-0.4, -0.2) is 52.5 Å². The average Bonchev–Trinajstić information content (AvgIpc) is 3.22. The Hall–Kier alpha value is -0.200. The van der Waals surface area contributed by atoms with Gasteiger partial charge in [0.1, 0.15) is 5.72 Å². The summed E-state index contributed by atoms with van der Waals surface area (Å²) < 4.78 is 6.84. The predicted molar refractivity (Wildman–Crippen MR) is 123 cm³/mol. The second-order valence-electron chi connectivity index (χ2n) is 13.3. The molecular formula is C27H45NO4. The summed E-state index contributed by atoms with van der Waals surface area (Å²) in [6, 6.07) is 0. The van der Waals surface area contributed by atoms with Crippen molar-refractivity contribution in [3.63, 3.8) is 0 Å². The molecule has 4 aliphatic carbocycles. The van der Waals surface area contributed by atoms with Crippen molar-refractivity contribution in [1.82, 2.24) is 5.32 Å². The molecule has 2 heterocycles. The van der Waals surface area contributed by atoms with E-state index in [-0.39, 0.29) is 30.7 Å². The lowest BCUT2D eigenvalue weighted by atomic mass is 9.44. The second kappa shape index (κ2) is 7.40. The van der Waals surface area contributed by atoms with Crippen molar-refractivity contribution < 1.29 is 20.1 Å². The van der Waals surface area contributed by atoms with Crippen LogP contribution in [0.1, 0.15) is 78.6 Å². The van der Waals surface area contributed by atoms with Crippen LogP contribution in [0.3, 0.4) is 0 Å². The number of aliphatic hydroxyl groups is 3. The number of hydrogen-bond donors (Lipinski definition) is 4. The van der Waals surface area contributed by atoms with Crippen LogP contribution in [0.25, 0.3) is 0 Å². The zero-order chi connectivity index (χ0) is 22.5. The van der Waals surface area contributed by atoms with E-state index in [1.54, 1.807) is 0 Å². The molecule has 6 fully saturated rings. The monoisotopic (exact) mass is 447 g/mol. The van der Waals surface area contributed by atoms with E-state index in [2.05, 4.69) is 26.1 Å². The van der Waals surface area contributed by atoms with E-state index in [1.165, 1.54) is 32.1 Å². The van der Waals surface area contributed by atoms with Crippen LogP contribution in [0.5, 0.6) is 0 Å². The maximum absolute atomic E-state index is 11.1. The molecule has 0 radical (unpaired) electrons. The lowest BCUT2D eigenvalue weighted by Crippen LogP contribution is -2.64.